The molecule has 1 aromatic carbocycles. The largest absolute Gasteiger partial charge is 0.430 e. The van der Waals surface area contributed by atoms with E-state index in [0.717, 1.165) is 0 Å². The number of hydroxylamine groups is 1. The van der Waals surface area contributed by atoms with Crippen LogP contribution >= 0.6 is 11.6 Å². The molecule has 1 rings (SSSR count). The van der Waals surface area contributed by atoms with Crippen LogP contribution in [0.15, 0.2) is 24.3 Å². The second-order valence-electron chi connectivity index (χ2n) is 4.89. The molecule has 0 aliphatic heterocycles. The van der Waals surface area contributed by atoms with Crippen LogP contribution in [0.1, 0.15) is 27.2 Å². The number of carbonyl (C=O) groups is 2. The minimum atomic E-state index is -0.654. The van der Waals surface area contributed by atoms with Gasteiger partial charge in [-0.1, -0.05) is 11.6 Å². The monoisotopic (exact) mass is 284 g/mol. The first-order chi connectivity index (χ1) is 8.78. The first kappa shape index (κ1) is 15.5. The van der Waals surface area contributed by atoms with Crippen molar-refractivity contribution in [3.05, 3.63) is 29.3 Å². The highest BCUT2D eigenvalue weighted by molar-refractivity contribution is 6.30. The van der Waals surface area contributed by atoms with E-state index in [1.807, 2.05) is 0 Å². The fraction of sp³-hybridized carbons (Fsp3) is 0.385. The molecule has 2 N–H and O–H groups in total. The van der Waals surface area contributed by atoms with Gasteiger partial charge in [-0.05, 0) is 45.0 Å². The van der Waals surface area contributed by atoms with Crippen LogP contribution in [0.4, 0.5) is 10.5 Å². The summed E-state index contributed by atoms with van der Waals surface area (Å²) in [7, 11) is 0. The fourth-order valence-corrected chi connectivity index (χ4v) is 1.65. The van der Waals surface area contributed by atoms with Gasteiger partial charge in [0.25, 0.3) is 0 Å². The summed E-state index contributed by atoms with van der Waals surface area (Å²) in [5.74, 6) is 0.0132. The second-order valence-corrected chi connectivity index (χ2v) is 5.32. The van der Waals surface area contributed by atoms with E-state index in [9.17, 15) is 9.59 Å². The normalized spacial score (nSPS) is 10.9. The molecule has 0 atom stereocenters. The Hall–Kier alpha value is -1.59. The lowest BCUT2D eigenvalue weighted by molar-refractivity contribution is -0.119. The zero-order valence-corrected chi connectivity index (χ0v) is 11.9. The molecule has 5 nitrogen and oxygen atoms in total. The Morgan fingerprint density at radius 3 is 2.37 bits per heavy atom. The van der Waals surface area contributed by atoms with E-state index in [0.29, 0.717) is 10.7 Å². The van der Waals surface area contributed by atoms with E-state index in [2.05, 4.69) is 10.8 Å². The minimum Gasteiger partial charge on any atom is -0.353 e. The summed E-state index contributed by atoms with van der Waals surface area (Å²) in [6.45, 7) is 5.02. The Morgan fingerprint density at radius 2 is 1.84 bits per heavy atom. The highest BCUT2D eigenvalue weighted by atomic mass is 35.5. The van der Waals surface area contributed by atoms with Crippen molar-refractivity contribution < 1.29 is 14.4 Å². The molecule has 0 aliphatic rings. The number of rotatable bonds is 5. The van der Waals surface area contributed by atoms with Crippen LogP contribution in [0.25, 0.3) is 0 Å². The maximum absolute atomic E-state index is 11.5. The van der Waals surface area contributed by atoms with Crippen molar-refractivity contribution in [2.75, 3.05) is 5.32 Å². The van der Waals surface area contributed by atoms with E-state index in [-0.39, 0.29) is 12.2 Å². The number of benzene rings is 1. The predicted octanol–water partition coefficient (Wildman–Crippen LogP) is 3.15. The third kappa shape index (κ3) is 6.22. The lowest BCUT2D eigenvalue weighted by Crippen LogP contribution is -2.42. The van der Waals surface area contributed by atoms with Crippen LogP contribution in [-0.4, -0.2) is 17.4 Å². The van der Waals surface area contributed by atoms with E-state index in [4.69, 9.17) is 16.4 Å². The molecule has 0 heterocycles. The molecular formula is C13H17ClN2O3. The lowest BCUT2D eigenvalue weighted by atomic mass is 10.00. The number of hydrogen-bond acceptors (Lipinski definition) is 4. The van der Waals surface area contributed by atoms with Crippen LogP contribution in [0.3, 0.4) is 0 Å². The number of nitrogens with one attached hydrogen (secondary N) is 2. The van der Waals surface area contributed by atoms with Crippen molar-refractivity contribution in [3.63, 3.8) is 0 Å². The first-order valence-corrected chi connectivity index (χ1v) is 6.16. The summed E-state index contributed by atoms with van der Waals surface area (Å²) in [5.41, 5.74) is 2.52. The van der Waals surface area contributed by atoms with Gasteiger partial charge in [-0.2, -0.15) is 0 Å². The highest BCUT2D eigenvalue weighted by Crippen LogP contribution is 2.14. The second kappa shape index (κ2) is 6.54. The SMILES string of the molecule is CC(=O)CC(C)(C)NOC(=O)Nc1ccc(Cl)cc1. The van der Waals surface area contributed by atoms with E-state index >= 15 is 0 Å². The van der Waals surface area contributed by atoms with Crippen molar-refractivity contribution in [2.24, 2.45) is 0 Å². The molecule has 0 radical (unpaired) electrons. The maximum atomic E-state index is 11.5. The van der Waals surface area contributed by atoms with E-state index in [1.54, 1.807) is 38.1 Å². The maximum Gasteiger partial charge on any atom is 0.430 e. The van der Waals surface area contributed by atoms with Crippen molar-refractivity contribution in [1.82, 2.24) is 5.48 Å². The van der Waals surface area contributed by atoms with Gasteiger partial charge in [-0.15, -0.1) is 5.48 Å². The number of ketones is 1. The van der Waals surface area contributed by atoms with Crippen molar-refractivity contribution in [2.45, 2.75) is 32.7 Å². The summed E-state index contributed by atoms with van der Waals surface area (Å²) < 4.78 is 0. The van der Waals surface area contributed by atoms with Crippen molar-refractivity contribution in [1.29, 1.82) is 0 Å². The lowest BCUT2D eigenvalue weighted by Gasteiger charge is -2.23. The molecule has 19 heavy (non-hydrogen) atoms. The molecule has 0 aromatic heterocycles. The van der Waals surface area contributed by atoms with Gasteiger partial charge in [0.15, 0.2) is 0 Å². The van der Waals surface area contributed by atoms with Gasteiger partial charge in [0.05, 0.1) is 5.54 Å². The molecule has 0 fully saturated rings. The Labute approximate surface area is 117 Å². The molecule has 6 heteroatoms. The molecular weight excluding hydrogens is 268 g/mol. The van der Waals surface area contributed by atoms with Gasteiger partial charge in [0, 0.05) is 17.1 Å². The molecule has 1 aromatic rings. The number of Topliss-reactive ketones (excluding diaryl/α,β-unsaturated/α-hetero) is 1. The van der Waals surface area contributed by atoms with E-state index in [1.165, 1.54) is 6.92 Å². The van der Waals surface area contributed by atoms with Crippen molar-refractivity contribution in [3.8, 4) is 0 Å². The Morgan fingerprint density at radius 1 is 1.26 bits per heavy atom. The first-order valence-electron chi connectivity index (χ1n) is 5.78. The number of anilines is 1. The number of hydrogen-bond donors (Lipinski definition) is 2. The van der Waals surface area contributed by atoms with Gasteiger partial charge in [-0.3, -0.25) is 10.1 Å². The topological polar surface area (TPSA) is 67.4 Å². The summed E-state index contributed by atoms with van der Waals surface area (Å²) >= 11 is 5.73. The van der Waals surface area contributed by atoms with Crippen LogP contribution < -0.4 is 10.8 Å². The summed E-state index contributed by atoms with van der Waals surface area (Å²) in [6.07, 6.45) is -0.389. The van der Waals surface area contributed by atoms with Crippen LogP contribution in [0, 0.1) is 0 Å². The Balaban J connectivity index is 2.43. The summed E-state index contributed by atoms with van der Waals surface area (Å²) in [5, 5.41) is 3.11. The molecule has 0 spiro atoms. The molecule has 0 unspecified atom stereocenters. The summed E-state index contributed by atoms with van der Waals surface area (Å²) in [4.78, 5) is 27.4. The molecule has 0 aliphatic carbocycles. The zero-order valence-electron chi connectivity index (χ0n) is 11.1. The van der Waals surface area contributed by atoms with Gasteiger partial charge >= 0.3 is 6.09 Å². The van der Waals surface area contributed by atoms with Gasteiger partial charge in [0.2, 0.25) is 0 Å². The average Bonchev–Trinajstić information content (AvgIpc) is 2.28. The van der Waals surface area contributed by atoms with Crippen LogP contribution in [0.2, 0.25) is 5.02 Å². The number of carbonyl (C=O) groups excluding carboxylic acids is 2. The molecule has 1 amide bonds. The third-order valence-corrected chi connectivity index (χ3v) is 2.45. The van der Waals surface area contributed by atoms with Crippen LogP contribution in [0.5, 0.6) is 0 Å². The van der Waals surface area contributed by atoms with Crippen LogP contribution in [-0.2, 0) is 9.63 Å². The predicted molar refractivity (Wildman–Crippen MR) is 74.1 cm³/mol. The molecule has 0 saturated heterocycles. The number of amides is 1. The quantitative estimate of drug-likeness (QED) is 0.815. The molecule has 104 valence electrons. The minimum absolute atomic E-state index is 0.0132. The Kier molecular flexibility index (Phi) is 5.32. The molecule has 0 bridgehead atoms. The number of halogens is 1. The smallest absolute Gasteiger partial charge is 0.353 e. The van der Waals surface area contributed by atoms with Gasteiger partial charge < -0.3 is 4.84 Å². The molecule has 0 saturated carbocycles. The zero-order chi connectivity index (χ0) is 14.5. The van der Waals surface area contributed by atoms with E-state index < -0.39 is 11.6 Å². The average molecular weight is 285 g/mol. The fourth-order valence-electron chi connectivity index (χ4n) is 1.52. The highest BCUT2D eigenvalue weighted by Gasteiger charge is 2.21. The Bertz CT molecular complexity index is 457. The standard InChI is InChI=1S/C13H17ClN2O3/c1-9(17)8-13(2,3)16-19-12(18)15-11-6-4-10(14)5-7-11/h4-7,16H,8H2,1-3H3,(H,15,18). The summed E-state index contributed by atoms with van der Waals surface area (Å²) in [6, 6.07) is 6.63. The van der Waals surface area contributed by atoms with Gasteiger partial charge in [0.1, 0.15) is 5.78 Å². The van der Waals surface area contributed by atoms with Crippen molar-refractivity contribution >= 4 is 29.2 Å². The van der Waals surface area contributed by atoms with Gasteiger partial charge in [-0.25, -0.2) is 4.79 Å². The third-order valence-electron chi connectivity index (χ3n) is 2.20.